The summed E-state index contributed by atoms with van der Waals surface area (Å²) in [6.45, 7) is 9.19. The number of methoxy groups -OCH3 is 1. The Labute approximate surface area is 139 Å². The van der Waals surface area contributed by atoms with E-state index in [2.05, 4.69) is 30.5 Å². The van der Waals surface area contributed by atoms with Crippen LogP contribution in [0.2, 0.25) is 0 Å². The van der Waals surface area contributed by atoms with E-state index in [-0.39, 0.29) is 5.41 Å². The van der Waals surface area contributed by atoms with E-state index in [9.17, 15) is 0 Å². The number of benzene rings is 1. The van der Waals surface area contributed by atoms with Gasteiger partial charge in [0.1, 0.15) is 5.75 Å². The molecule has 3 heteroatoms. The summed E-state index contributed by atoms with van der Waals surface area (Å²) in [5.74, 6) is 0.993. The largest absolute Gasteiger partial charge is 0.497 e. The van der Waals surface area contributed by atoms with Crippen LogP contribution in [0.3, 0.4) is 0 Å². The fourth-order valence-electron chi connectivity index (χ4n) is 5.22. The van der Waals surface area contributed by atoms with Crippen LogP contribution < -0.4 is 4.74 Å². The molecule has 1 aromatic rings. The topological polar surface area (TPSA) is 21.7 Å². The third-order valence-electron chi connectivity index (χ3n) is 6.27. The van der Waals surface area contributed by atoms with Gasteiger partial charge in [0.05, 0.1) is 13.2 Å². The highest BCUT2D eigenvalue weighted by Crippen LogP contribution is 2.52. The van der Waals surface area contributed by atoms with Crippen molar-refractivity contribution in [3.05, 3.63) is 41.5 Å². The van der Waals surface area contributed by atoms with Crippen molar-refractivity contribution in [2.45, 2.75) is 50.2 Å². The van der Waals surface area contributed by atoms with Gasteiger partial charge in [-0.3, -0.25) is 4.90 Å². The quantitative estimate of drug-likeness (QED) is 0.800. The Balaban J connectivity index is 1.86. The molecule has 1 aromatic carbocycles. The van der Waals surface area contributed by atoms with Crippen LogP contribution in [0.1, 0.15) is 36.0 Å². The molecule has 124 valence electrons. The number of hydrogen-bond acceptors (Lipinski definition) is 3. The minimum absolute atomic E-state index is 0.188. The maximum absolute atomic E-state index is 6.37. The molecule has 2 bridgehead atoms. The standard InChI is InChI=1S/C20H27NO2/c1-4-8-21-9-7-20-6-5-10-23-19(20)18(21)13-16-14(2)11-15(22-3)12-17(16)20/h4,11-12,18-19H,1,5-10,13H2,2-3H3/t18-,19+,20+/m1/s1. The van der Waals surface area contributed by atoms with Gasteiger partial charge >= 0.3 is 0 Å². The maximum Gasteiger partial charge on any atom is 0.119 e. The van der Waals surface area contributed by atoms with Crippen LogP contribution >= 0.6 is 0 Å². The summed E-state index contributed by atoms with van der Waals surface area (Å²) in [6, 6.07) is 4.97. The van der Waals surface area contributed by atoms with Crippen molar-refractivity contribution in [2.24, 2.45) is 0 Å². The predicted octanol–water partition coefficient (Wildman–Crippen LogP) is 3.24. The molecule has 2 heterocycles. The van der Waals surface area contributed by atoms with E-state index in [1.165, 1.54) is 36.0 Å². The van der Waals surface area contributed by atoms with Gasteiger partial charge in [-0.05, 0) is 68.0 Å². The summed E-state index contributed by atoms with van der Waals surface area (Å²) in [6.07, 6.45) is 7.04. The number of likely N-dealkylation sites (tertiary alicyclic amines) is 1. The lowest BCUT2D eigenvalue weighted by Gasteiger charge is -2.58. The SMILES string of the molecule is C=CCN1CC[C@]23CCCO[C@H]2[C@H]1Cc1c(C)cc(OC)cc13. The molecule has 23 heavy (non-hydrogen) atoms. The zero-order valence-electron chi connectivity index (χ0n) is 14.3. The van der Waals surface area contributed by atoms with Gasteiger partial charge in [-0.15, -0.1) is 6.58 Å². The van der Waals surface area contributed by atoms with Crippen LogP contribution in [-0.4, -0.2) is 43.9 Å². The molecule has 2 fully saturated rings. The Morgan fingerprint density at radius 3 is 3.09 bits per heavy atom. The number of nitrogens with zero attached hydrogens (tertiary/aromatic N) is 1. The van der Waals surface area contributed by atoms with E-state index in [0.29, 0.717) is 12.1 Å². The molecule has 2 aliphatic heterocycles. The van der Waals surface area contributed by atoms with Crippen LogP contribution in [0.15, 0.2) is 24.8 Å². The van der Waals surface area contributed by atoms with Crippen LogP contribution in [0.4, 0.5) is 0 Å². The number of fused-ring (bicyclic) bond motifs is 1. The molecule has 0 unspecified atom stereocenters. The molecule has 0 radical (unpaired) electrons. The monoisotopic (exact) mass is 313 g/mol. The lowest BCUT2D eigenvalue weighted by atomic mass is 9.58. The first-order valence-corrected chi connectivity index (χ1v) is 8.84. The van der Waals surface area contributed by atoms with Gasteiger partial charge in [0.15, 0.2) is 0 Å². The second kappa shape index (κ2) is 5.64. The number of ether oxygens (including phenoxy) is 2. The molecule has 0 saturated carbocycles. The normalized spacial score (nSPS) is 32.8. The van der Waals surface area contributed by atoms with Crippen molar-refractivity contribution in [1.29, 1.82) is 0 Å². The Morgan fingerprint density at radius 2 is 2.30 bits per heavy atom. The molecule has 0 N–H and O–H groups in total. The average molecular weight is 313 g/mol. The highest BCUT2D eigenvalue weighted by atomic mass is 16.5. The molecule has 1 aliphatic carbocycles. The van der Waals surface area contributed by atoms with Crippen molar-refractivity contribution in [3.63, 3.8) is 0 Å². The van der Waals surface area contributed by atoms with Gasteiger partial charge in [0, 0.05) is 24.6 Å². The maximum atomic E-state index is 6.37. The summed E-state index contributed by atoms with van der Waals surface area (Å²) < 4.78 is 11.9. The Hall–Kier alpha value is -1.32. The first-order chi connectivity index (χ1) is 11.2. The molecule has 3 nitrogen and oxygen atoms in total. The fraction of sp³-hybridized carbons (Fsp3) is 0.600. The van der Waals surface area contributed by atoms with Gasteiger partial charge in [-0.2, -0.15) is 0 Å². The first kappa shape index (κ1) is 15.2. The molecule has 2 saturated heterocycles. The molecule has 3 aliphatic rings. The minimum atomic E-state index is 0.188. The van der Waals surface area contributed by atoms with E-state index in [1.807, 2.05) is 6.08 Å². The van der Waals surface area contributed by atoms with E-state index in [1.54, 1.807) is 7.11 Å². The van der Waals surface area contributed by atoms with Crippen LogP contribution in [-0.2, 0) is 16.6 Å². The Bertz CT molecular complexity index is 626. The second-order valence-corrected chi connectivity index (χ2v) is 7.33. The molecule has 0 amide bonds. The summed E-state index contributed by atoms with van der Waals surface area (Å²) in [5, 5.41) is 0. The van der Waals surface area contributed by atoms with Crippen LogP contribution in [0.5, 0.6) is 5.75 Å². The molecular weight excluding hydrogens is 286 g/mol. The van der Waals surface area contributed by atoms with E-state index in [4.69, 9.17) is 9.47 Å². The molecule has 3 atom stereocenters. The van der Waals surface area contributed by atoms with Gasteiger partial charge in [0.2, 0.25) is 0 Å². The van der Waals surface area contributed by atoms with Crippen molar-refractivity contribution >= 4 is 0 Å². The smallest absolute Gasteiger partial charge is 0.119 e. The first-order valence-electron chi connectivity index (χ1n) is 8.84. The third kappa shape index (κ3) is 2.17. The van der Waals surface area contributed by atoms with Crippen LogP contribution in [0, 0.1) is 6.92 Å². The van der Waals surface area contributed by atoms with Gasteiger partial charge in [-0.25, -0.2) is 0 Å². The highest BCUT2D eigenvalue weighted by molar-refractivity contribution is 5.50. The molecule has 4 rings (SSSR count). The summed E-state index contributed by atoms with van der Waals surface area (Å²) in [4.78, 5) is 2.58. The van der Waals surface area contributed by atoms with Crippen molar-refractivity contribution in [3.8, 4) is 5.75 Å². The van der Waals surface area contributed by atoms with Gasteiger partial charge < -0.3 is 9.47 Å². The van der Waals surface area contributed by atoms with Gasteiger partial charge in [-0.1, -0.05) is 6.08 Å². The summed E-state index contributed by atoms with van der Waals surface area (Å²) >= 11 is 0. The number of rotatable bonds is 3. The van der Waals surface area contributed by atoms with E-state index in [0.717, 1.165) is 31.9 Å². The molecule has 0 aromatic heterocycles. The van der Waals surface area contributed by atoms with Gasteiger partial charge in [0.25, 0.3) is 0 Å². The van der Waals surface area contributed by atoms with Crippen molar-refractivity contribution in [2.75, 3.05) is 26.8 Å². The molecular formula is C20H27NO2. The lowest BCUT2D eigenvalue weighted by Crippen LogP contribution is -2.65. The number of piperidine rings is 1. The Kier molecular flexibility index (Phi) is 3.73. The van der Waals surface area contributed by atoms with Crippen LogP contribution in [0.25, 0.3) is 0 Å². The number of aryl methyl sites for hydroxylation is 1. The highest BCUT2D eigenvalue weighted by Gasteiger charge is 2.55. The summed E-state index contributed by atoms with van der Waals surface area (Å²) in [5.41, 5.74) is 4.60. The Morgan fingerprint density at radius 1 is 1.43 bits per heavy atom. The number of hydrogen-bond donors (Lipinski definition) is 0. The zero-order valence-corrected chi connectivity index (χ0v) is 14.3. The van der Waals surface area contributed by atoms with E-state index < -0.39 is 0 Å². The lowest BCUT2D eigenvalue weighted by molar-refractivity contribution is -0.125. The van der Waals surface area contributed by atoms with Crippen molar-refractivity contribution < 1.29 is 9.47 Å². The zero-order chi connectivity index (χ0) is 16.0. The summed E-state index contributed by atoms with van der Waals surface area (Å²) in [7, 11) is 1.77. The van der Waals surface area contributed by atoms with E-state index >= 15 is 0 Å². The fourth-order valence-corrected chi connectivity index (χ4v) is 5.22. The minimum Gasteiger partial charge on any atom is -0.497 e. The average Bonchev–Trinajstić information content (AvgIpc) is 2.58. The predicted molar refractivity (Wildman–Crippen MR) is 92.3 cm³/mol. The van der Waals surface area contributed by atoms with Crippen molar-refractivity contribution in [1.82, 2.24) is 4.90 Å². The molecule has 0 spiro atoms. The second-order valence-electron chi connectivity index (χ2n) is 7.33. The third-order valence-corrected chi connectivity index (χ3v) is 6.27.